The van der Waals surface area contributed by atoms with Gasteiger partial charge >= 0.3 is 0 Å². The van der Waals surface area contributed by atoms with E-state index in [0.717, 1.165) is 51.1 Å². The average Bonchev–Trinajstić information content (AvgIpc) is 2.94. The number of benzene rings is 2. The molecule has 0 bridgehead atoms. The predicted octanol–water partition coefficient (Wildman–Crippen LogP) is 3.49. The van der Waals surface area contributed by atoms with Crippen molar-refractivity contribution in [3.63, 3.8) is 0 Å². The molecule has 5 nitrogen and oxygen atoms in total. The molecule has 1 N–H and O–H groups in total. The molecule has 0 aromatic heterocycles. The maximum absolute atomic E-state index is 13.0. The van der Waals surface area contributed by atoms with Gasteiger partial charge in [-0.2, -0.15) is 5.26 Å². The van der Waals surface area contributed by atoms with Gasteiger partial charge in [0, 0.05) is 30.8 Å². The van der Waals surface area contributed by atoms with E-state index in [0.29, 0.717) is 16.7 Å². The van der Waals surface area contributed by atoms with Crippen LogP contribution in [0.2, 0.25) is 0 Å². The third kappa shape index (κ3) is 4.47. The minimum Gasteiger partial charge on any atom is -0.507 e. The number of rotatable bonds is 4. The summed E-state index contributed by atoms with van der Waals surface area (Å²) in [6.45, 7) is 6.69. The van der Waals surface area contributed by atoms with Crippen LogP contribution in [0.5, 0.6) is 5.75 Å². The number of nitrogens with zero attached hydrogens (tertiary/aromatic N) is 3. The number of carbonyl (C=O) groups excluding carboxylic acids is 1. The average molecular weight is 363 g/mol. The van der Waals surface area contributed by atoms with Crippen LogP contribution >= 0.6 is 0 Å². The minimum absolute atomic E-state index is 0.0196. The summed E-state index contributed by atoms with van der Waals surface area (Å²) in [5, 5.41) is 19.3. The lowest BCUT2D eigenvalue weighted by Gasteiger charge is -2.22. The Labute approximate surface area is 160 Å². The summed E-state index contributed by atoms with van der Waals surface area (Å²) in [5.41, 5.74) is 2.38. The molecule has 1 aliphatic heterocycles. The number of nitriles is 1. The van der Waals surface area contributed by atoms with Crippen LogP contribution in [-0.2, 0) is 0 Å². The lowest BCUT2D eigenvalue weighted by molar-refractivity contribution is 0.0761. The molecular weight excluding hydrogens is 338 g/mol. The Hall–Kier alpha value is -2.84. The van der Waals surface area contributed by atoms with Gasteiger partial charge in [0.2, 0.25) is 0 Å². The van der Waals surface area contributed by atoms with Crippen molar-refractivity contribution in [3.05, 3.63) is 53.6 Å². The molecule has 0 spiro atoms. The van der Waals surface area contributed by atoms with Crippen molar-refractivity contribution in [2.45, 2.75) is 19.8 Å². The van der Waals surface area contributed by atoms with E-state index in [9.17, 15) is 9.90 Å². The molecule has 1 aliphatic rings. The van der Waals surface area contributed by atoms with E-state index in [4.69, 9.17) is 5.26 Å². The highest BCUT2D eigenvalue weighted by Crippen LogP contribution is 2.30. The predicted molar refractivity (Wildman–Crippen MR) is 106 cm³/mol. The summed E-state index contributed by atoms with van der Waals surface area (Å²) in [6, 6.07) is 14.1. The lowest BCUT2D eigenvalue weighted by Crippen LogP contribution is -2.35. The molecule has 5 heteroatoms. The number of hydrogen-bond donors (Lipinski definition) is 1. The molecule has 2 aromatic rings. The van der Waals surface area contributed by atoms with Crippen LogP contribution in [0.1, 0.15) is 35.7 Å². The van der Waals surface area contributed by atoms with Gasteiger partial charge in [-0.3, -0.25) is 4.79 Å². The van der Waals surface area contributed by atoms with Crippen LogP contribution in [0.15, 0.2) is 42.5 Å². The normalized spacial score (nSPS) is 15.2. The zero-order chi connectivity index (χ0) is 19.2. The fourth-order valence-corrected chi connectivity index (χ4v) is 3.55. The highest BCUT2D eigenvalue weighted by molar-refractivity contribution is 5.95. The first kappa shape index (κ1) is 18.9. The van der Waals surface area contributed by atoms with Gasteiger partial charge in [-0.1, -0.05) is 19.1 Å². The Morgan fingerprint density at radius 3 is 2.78 bits per heavy atom. The first-order chi connectivity index (χ1) is 13.1. The summed E-state index contributed by atoms with van der Waals surface area (Å²) in [5.74, 6) is 0.120. The van der Waals surface area contributed by atoms with Crippen molar-refractivity contribution in [1.29, 1.82) is 5.26 Å². The Balaban J connectivity index is 1.81. The van der Waals surface area contributed by atoms with Crippen molar-refractivity contribution >= 4 is 5.91 Å². The quantitative estimate of drug-likeness (QED) is 0.903. The lowest BCUT2D eigenvalue weighted by atomic mass is 10.00. The second-order valence-electron chi connectivity index (χ2n) is 6.91. The van der Waals surface area contributed by atoms with Gasteiger partial charge in [-0.25, -0.2) is 0 Å². The van der Waals surface area contributed by atoms with E-state index in [2.05, 4.69) is 17.9 Å². The molecule has 0 radical (unpaired) electrons. The van der Waals surface area contributed by atoms with E-state index < -0.39 is 0 Å². The second-order valence-corrected chi connectivity index (χ2v) is 6.91. The first-order valence-corrected chi connectivity index (χ1v) is 9.47. The molecule has 140 valence electrons. The number of hydrogen-bond acceptors (Lipinski definition) is 4. The van der Waals surface area contributed by atoms with Gasteiger partial charge < -0.3 is 14.9 Å². The molecule has 1 heterocycles. The zero-order valence-electron chi connectivity index (χ0n) is 15.7. The third-order valence-electron chi connectivity index (χ3n) is 4.96. The summed E-state index contributed by atoms with van der Waals surface area (Å²) in [4.78, 5) is 17.3. The number of carbonyl (C=O) groups is 1. The van der Waals surface area contributed by atoms with Gasteiger partial charge in [0.15, 0.2) is 0 Å². The van der Waals surface area contributed by atoms with E-state index in [1.54, 1.807) is 18.2 Å². The maximum atomic E-state index is 13.0. The second kappa shape index (κ2) is 8.70. The van der Waals surface area contributed by atoms with Crippen molar-refractivity contribution < 1.29 is 9.90 Å². The van der Waals surface area contributed by atoms with Crippen LogP contribution in [0, 0.1) is 11.3 Å². The molecule has 0 unspecified atom stereocenters. The molecule has 0 aliphatic carbocycles. The van der Waals surface area contributed by atoms with E-state index in [-0.39, 0.29) is 11.7 Å². The molecule has 1 saturated heterocycles. The fraction of sp³-hybridized carbons (Fsp3) is 0.364. The van der Waals surface area contributed by atoms with Gasteiger partial charge in [0.25, 0.3) is 5.91 Å². The largest absolute Gasteiger partial charge is 0.507 e. The Bertz CT molecular complexity index is 857. The van der Waals surface area contributed by atoms with E-state index >= 15 is 0 Å². The maximum Gasteiger partial charge on any atom is 0.253 e. The number of phenols is 1. The molecule has 0 atom stereocenters. The van der Waals surface area contributed by atoms with E-state index in [1.165, 1.54) is 6.07 Å². The molecule has 1 amide bonds. The number of phenolic OH excluding ortho intramolecular Hbond substituents is 1. The highest BCUT2D eigenvalue weighted by Gasteiger charge is 2.20. The SMILES string of the molecule is CCCN1CCCN(C(=O)c2cccc(-c3cc(C#N)ccc3O)c2)CC1. The standard InChI is InChI=1S/C22H25N3O2/c1-2-9-24-10-4-11-25(13-12-24)22(27)19-6-3-5-18(15-19)20-14-17(16-23)7-8-21(20)26/h3,5-8,14-15,26H,2,4,9-13H2,1H3. The Morgan fingerprint density at radius 2 is 2.00 bits per heavy atom. The van der Waals surface area contributed by atoms with Crippen molar-refractivity contribution in [2.75, 3.05) is 32.7 Å². The third-order valence-corrected chi connectivity index (χ3v) is 4.96. The summed E-state index contributed by atoms with van der Waals surface area (Å²) < 4.78 is 0. The summed E-state index contributed by atoms with van der Waals surface area (Å²) in [6.07, 6.45) is 2.11. The van der Waals surface area contributed by atoms with Gasteiger partial charge in [0.1, 0.15) is 5.75 Å². The summed E-state index contributed by atoms with van der Waals surface area (Å²) >= 11 is 0. The number of amides is 1. The summed E-state index contributed by atoms with van der Waals surface area (Å²) in [7, 11) is 0. The zero-order valence-corrected chi connectivity index (χ0v) is 15.7. The highest BCUT2D eigenvalue weighted by atomic mass is 16.3. The first-order valence-electron chi connectivity index (χ1n) is 9.47. The van der Waals surface area contributed by atoms with Crippen molar-refractivity contribution in [2.24, 2.45) is 0 Å². The van der Waals surface area contributed by atoms with Gasteiger partial charge in [0.05, 0.1) is 11.6 Å². The Kier molecular flexibility index (Phi) is 6.10. The molecule has 1 fully saturated rings. The van der Waals surface area contributed by atoms with E-state index in [1.807, 2.05) is 23.1 Å². The van der Waals surface area contributed by atoms with Crippen molar-refractivity contribution in [3.8, 4) is 22.9 Å². The fourth-order valence-electron chi connectivity index (χ4n) is 3.55. The van der Waals surface area contributed by atoms with Crippen LogP contribution in [0.3, 0.4) is 0 Å². The van der Waals surface area contributed by atoms with Crippen LogP contribution in [-0.4, -0.2) is 53.5 Å². The van der Waals surface area contributed by atoms with Gasteiger partial charge in [-0.15, -0.1) is 0 Å². The Morgan fingerprint density at radius 1 is 1.15 bits per heavy atom. The van der Waals surface area contributed by atoms with Crippen LogP contribution in [0.4, 0.5) is 0 Å². The molecule has 2 aromatic carbocycles. The van der Waals surface area contributed by atoms with Gasteiger partial charge in [-0.05, 0) is 61.8 Å². The minimum atomic E-state index is 0.0196. The molecule has 0 saturated carbocycles. The molecule has 27 heavy (non-hydrogen) atoms. The number of aromatic hydroxyl groups is 1. The van der Waals surface area contributed by atoms with Crippen LogP contribution < -0.4 is 0 Å². The monoisotopic (exact) mass is 363 g/mol. The molecular formula is C22H25N3O2. The topological polar surface area (TPSA) is 67.6 Å². The smallest absolute Gasteiger partial charge is 0.253 e. The van der Waals surface area contributed by atoms with Crippen LogP contribution in [0.25, 0.3) is 11.1 Å². The molecule has 3 rings (SSSR count). The van der Waals surface area contributed by atoms with Crippen molar-refractivity contribution in [1.82, 2.24) is 9.80 Å².